The molecule has 0 heterocycles. The highest BCUT2D eigenvalue weighted by atomic mass is 32.2. The number of rotatable bonds is 3. The smallest absolute Gasteiger partial charge is 0.216 e. The van der Waals surface area contributed by atoms with Gasteiger partial charge >= 0.3 is 0 Å². The summed E-state index contributed by atoms with van der Waals surface area (Å²) in [7, 11) is -3.47. The molecule has 3 nitrogen and oxygen atoms in total. The van der Waals surface area contributed by atoms with Gasteiger partial charge in [0.2, 0.25) is 10.0 Å². The second-order valence-corrected chi connectivity index (χ2v) is 5.94. The quantitative estimate of drug-likeness (QED) is 0.851. The highest BCUT2D eigenvalue weighted by Crippen LogP contribution is 2.44. The fraction of sp³-hybridized carbons (Fsp3) is 0.455. The third kappa shape index (κ3) is 2.38. The summed E-state index contributed by atoms with van der Waals surface area (Å²) < 4.78 is 23.0. The van der Waals surface area contributed by atoms with Crippen molar-refractivity contribution in [3.05, 3.63) is 35.4 Å². The highest BCUT2D eigenvalue weighted by Gasteiger charge is 2.39. The lowest BCUT2D eigenvalue weighted by molar-refractivity contribution is 0.573. The van der Waals surface area contributed by atoms with Crippen LogP contribution in [-0.2, 0) is 10.0 Å². The van der Waals surface area contributed by atoms with Gasteiger partial charge in [0, 0.05) is 0 Å². The summed E-state index contributed by atoms with van der Waals surface area (Å²) in [5.41, 5.74) is 1.95. The van der Waals surface area contributed by atoms with Gasteiger partial charge in [-0.2, -0.15) is 0 Å². The molecule has 2 rings (SSSR count). The van der Waals surface area contributed by atoms with E-state index in [0.717, 1.165) is 24.0 Å². The van der Waals surface area contributed by atoms with Gasteiger partial charge in [0.15, 0.2) is 0 Å². The molecule has 82 valence electrons. The van der Waals surface area contributed by atoms with Crippen LogP contribution in [0.4, 0.5) is 0 Å². The molecule has 1 aliphatic rings. The van der Waals surface area contributed by atoms with E-state index in [1.54, 1.807) is 0 Å². The van der Waals surface area contributed by atoms with Gasteiger partial charge in [0.1, 0.15) is 5.25 Å². The first-order valence-corrected chi connectivity index (χ1v) is 6.67. The van der Waals surface area contributed by atoms with Crippen LogP contribution < -0.4 is 5.14 Å². The van der Waals surface area contributed by atoms with Gasteiger partial charge in [-0.1, -0.05) is 29.8 Å². The number of sulfonamides is 1. The summed E-state index contributed by atoms with van der Waals surface area (Å²) >= 11 is 0. The Morgan fingerprint density at radius 3 is 2.20 bits per heavy atom. The maximum absolute atomic E-state index is 11.5. The fourth-order valence-electron chi connectivity index (χ4n) is 1.89. The molecule has 1 unspecified atom stereocenters. The average molecular weight is 225 g/mol. The molecule has 0 aromatic heterocycles. The normalized spacial score (nSPS) is 18.8. The Bertz CT molecular complexity index is 446. The molecular weight excluding hydrogens is 210 g/mol. The molecule has 15 heavy (non-hydrogen) atoms. The van der Waals surface area contributed by atoms with E-state index in [1.807, 2.05) is 31.2 Å². The molecule has 1 aromatic rings. The second-order valence-electron chi connectivity index (χ2n) is 4.26. The van der Waals surface area contributed by atoms with Gasteiger partial charge in [-0.15, -0.1) is 0 Å². The van der Waals surface area contributed by atoms with E-state index >= 15 is 0 Å². The lowest BCUT2D eigenvalue weighted by Crippen LogP contribution is -2.23. The SMILES string of the molecule is Cc1ccc(C(C2CC2)S(N)(=O)=O)cc1. The lowest BCUT2D eigenvalue weighted by Gasteiger charge is -2.14. The van der Waals surface area contributed by atoms with E-state index in [2.05, 4.69) is 0 Å². The molecule has 0 saturated heterocycles. The predicted molar refractivity (Wildman–Crippen MR) is 59.8 cm³/mol. The summed E-state index contributed by atoms with van der Waals surface area (Å²) in [6, 6.07) is 7.58. The fourth-order valence-corrected chi connectivity index (χ4v) is 3.23. The Morgan fingerprint density at radius 2 is 1.80 bits per heavy atom. The van der Waals surface area contributed by atoms with Crippen molar-refractivity contribution in [2.45, 2.75) is 25.0 Å². The van der Waals surface area contributed by atoms with E-state index in [4.69, 9.17) is 5.14 Å². The number of aryl methyl sites for hydroxylation is 1. The van der Waals surface area contributed by atoms with Crippen LogP contribution in [0.1, 0.15) is 29.2 Å². The standard InChI is InChI=1S/C11H15NO2S/c1-8-2-4-9(5-3-8)11(10-6-7-10)15(12,13)14/h2-5,10-11H,6-7H2,1H3,(H2,12,13,14). The van der Waals surface area contributed by atoms with Gasteiger partial charge in [0.25, 0.3) is 0 Å². The molecule has 1 aliphatic carbocycles. The Kier molecular flexibility index (Phi) is 2.56. The molecule has 2 N–H and O–H groups in total. The van der Waals surface area contributed by atoms with Gasteiger partial charge < -0.3 is 0 Å². The van der Waals surface area contributed by atoms with Crippen LogP contribution in [0.3, 0.4) is 0 Å². The molecule has 0 radical (unpaired) electrons. The zero-order chi connectivity index (χ0) is 11.1. The zero-order valence-electron chi connectivity index (χ0n) is 8.68. The van der Waals surface area contributed by atoms with Crippen LogP contribution in [-0.4, -0.2) is 8.42 Å². The van der Waals surface area contributed by atoms with E-state index in [9.17, 15) is 8.42 Å². The molecule has 0 amide bonds. The minimum atomic E-state index is -3.47. The Hall–Kier alpha value is -0.870. The third-order valence-electron chi connectivity index (χ3n) is 2.81. The van der Waals surface area contributed by atoms with Crippen LogP contribution >= 0.6 is 0 Å². The third-order valence-corrected chi connectivity index (χ3v) is 4.17. The Labute approximate surface area is 90.4 Å². The van der Waals surface area contributed by atoms with Crippen molar-refractivity contribution in [2.24, 2.45) is 11.1 Å². The van der Waals surface area contributed by atoms with Crippen LogP contribution in [0.2, 0.25) is 0 Å². The molecule has 1 saturated carbocycles. The number of primary sulfonamides is 1. The van der Waals surface area contributed by atoms with Crippen LogP contribution in [0.5, 0.6) is 0 Å². The predicted octanol–water partition coefficient (Wildman–Crippen LogP) is 1.73. The maximum atomic E-state index is 11.5. The van der Waals surface area contributed by atoms with E-state index in [0.29, 0.717) is 0 Å². The Balaban J connectivity index is 2.37. The molecule has 1 aromatic carbocycles. The van der Waals surface area contributed by atoms with Crippen LogP contribution in [0, 0.1) is 12.8 Å². The molecule has 0 bridgehead atoms. The van der Waals surface area contributed by atoms with Gasteiger partial charge in [0.05, 0.1) is 0 Å². The van der Waals surface area contributed by atoms with Crippen molar-refractivity contribution in [1.82, 2.24) is 0 Å². The summed E-state index contributed by atoms with van der Waals surface area (Å²) in [5, 5.41) is 4.76. The lowest BCUT2D eigenvalue weighted by atomic mass is 10.1. The minimum absolute atomic E-state index is 0.225. The molecular formula is C11H15NO2S. The Morgan fingerprint density at radius 1 is 1.27 bits per heavy atom. The molecule has 1 fully saturated rings. The van der Waals surface area contributed by atoms with Crippen LogP contribution in [0.15, 0.2) is 24.3 Å². The first-order valence-electron chi connectivity index (χ1n) is 5.06. The van der Waals surface area contributed by atoms with Crippen molar-refractivity contribution in [1.29, 1.82) is 0 Å². The van der Waals surface area contributed by atoms with Crippen molar-refractivity contribution >= 4 is 10.0 Å². The number of benzene rings is 1. The highest BCUT2D eigenvalue weighted by molar-refractivity contribution is 7.89. The molecule has 1 atom stereocenters. The molecule has 4 heteroatoms. The van der Waals surface area contributed by atoms with E-state index < -0.39 is 15.3 Å². The largest absolute Gasteiger partial charge is 0.228 e. The number of hydrogen-bond acceptors (Lipinski definition) is 2. The first-order chi connectivity index (χ1) is 6.98. The topological polar surface area (TPSA) is 60.2 Å². The molecule has 0 spiro atoms. The summed E-state index contributed by atoms with van der Waals surface area (Å²) in [6.45, 7) is 1.98. The zero-order valence-corrected chi connectivity index (χ0v) is 9.50. The first kappa shape index (κ1) is 10.6. The van der Waals surface area contributed by atoms with Crippen LogP contribution in [0.25, 0.3) is 0 Å². The second kappa shape index (κ2) is 3.61. The summed E-state index contributed by atoms with van der Waals surface area (Å²) in [4.78, 5) is 0. The number of hydrogen-bond donors (Lipinski definition) is 1. The van der Waals surface area contributed by atoms with Crippen molar-refractivity contribution < 1.29 is 8.42 Å². The maximum Gasteiger partial charge on any atom is 0.216 e. The summed E-state index contributed by atoms with van der Waals surface area (Å²) in [5.74, 6) is 0.225. The number of nitrogens with two attached hydrogens (primary N) is 1. The van der Waals surface area contributed by atoms with Gasteiger partial charge in [-0.05, 0) is 31.2 Å². The van der Waals surface area contributed by atoms with E-state index in [1.165, 1.54) is 0 Å². The van der Waals surface area contributed by atoms with Gasteiger partial charge in [-0.25, -0.2) is 13.6 Å². The minimum Gasteiger partial charge on any atom is -0.228 e. The average Bonchev–Trinajstić information content (AvgIpc) is 2.90. The van der Waals surface area contributed by atoms with Gasteiger partial charge in [-0.3, -0.25) is 0 Å². The van der Waals surface area contributed by atoms with Crippen molar-refractivity contribution in [2.75, 3.05) is 0 Å². The summed E-state index contributed by atoms with van der Waals surface area (Å²) in [6.07, 6.45) is 1.93. The van der Waals surface area contributed by atoms with Crippen molar-refractivity contribution in [3.8, 4) is 0 Å². The van der Waals surface area contributed by atoms with E-state index in [-0.39, 0.29) is 5.92 Å². The monoisotopic (exact) mass is 225 g/mol. The molecule has 0 aliphatic heterocycles. The van der Waals surface area contributed by atoms with Crippen molar-refractivity contribution in [3.63, 3.8) is 0 Å².